The summed E-state index contributed by atoms with van der Waals surface area (Å²) in [7, 11) is 1.48. The van der Waals surface area contributed by atoms with Crippen LogP contribution in [-0.4, -0.2) is 96.9 Å². The van der Waals surface area contributed by atoms with Gasteiger partial charge in [0.15, 0.2) is 0 Å². The van der Waals surface area contributed by atoms with Gasteiger partial charge >= 0.3 is 0 Å². The highest BCUT2D eigenvalue weighted by molar-refractivity contribution is 5.94. The standard InChI is InChI=1S/C28H41N5O6/c1-18(2)24-28(38)32(4)17-23(34)30-21(16-20-10-6-5-7-11-20)26(36)29-13-9-14-33(19(3)25(35)31-24)27(37)22-12-8-15-39-22/h5-7,10-11,18-19,21-22,24H,8-9,12-17H2,1-4H3,(H,29,36)(H,30,34)(H,31,35)/t19-,21+,22-,24+/m1/s1. The van der Waals surface area contributed by atoms with Crippen LogP contribution in [0.1, 0.15) is 45.6 Å². The molecule has 4 atom stereocenters. The maximum absolute atomic E-state index is 13.3. The van der Waals surface area contributed by atoms with Crippen LogP contribution in [0.2, 0.25) is 0 Å². The van der Waals surface area contributed by atoms with Crippen molar-refractivity contribution in [3.8, 4) is 0 Å². The van der Waals surface area contributed by atoms with E-state index in [2.05, 4.69) is 16.0 Å². The number of hydrogen-bond donors (Lipinski definition) is 3. The molecule has 11 heteroatoms. The van der Waals surface area contributed by atoms with E-state index in [-0.39, 0.29) is 43.8 Å². The fraction of sp³-hybridized carbons (Fsp3) is 0.607. The van der Waals surface area contributed by atoms with Gasteiger partial charge in [-0.3, -0.25) is 24.0 Å². The van der Waals surface area contributed by atoms with Gasteiger partial charge in [-0.1, -0.05) is 44.2 Å². The number of ether oxygens (including phenoxy) is 1. The van der Waals surface area contributed by atoms with Gasteiger partial charge in [-0.25, -0.2) is 0 Å². The molecule has 0 radical (unpaired) electrons. The Morgan fingerprint density at radius 3 is 2.41 bits per heavy atom. The van der Waals surface area contributed by atoms with E-state index in [1.807, 2.05) is 30.3 Å². The van der Waals surface area contributed by atoms with Crippen LogP contribution in [0.4, 0.5) is 0 Å². The number of nitrogens with zero attached hydrogens (tertiary/aromatic N) is 2. The average molecular weight is 544 g/mol. The van der Waals surface area contributed by atoms with E-state index >= 15 is 0 Å². The maximum atomic E-state index is 13.3. The quantitative estimate of drug-likeness (QED) is 0.497. The van der Waals surface area contributed by atoms with Crippen LogP contribution in [0.25, 0.3) is 0 Å². The van der Waals surface area contributed by atoms with E-state index < -0.39 is 42.0 Å². The molecule has 0 saturated carbocycles. The molecule has 0 spiro atoms. The zero-order chi connectivity index (χ0) is 28.5. The van der Waals surface area contributed by atoms with E-state index in [0.29, 0.717) is 19.4 Å². The highest BCUT2D eigenvalue weighted by atomic mass is 16.5. The highest BCUT2D eigenvalue weighted by Gasteiger charge is 2.36. The Balaban J connectivity index is 1.86. The molecule has 2 aliphatic heterocycles. The molecular weight excluding hydrogens is 502 g/mol. The van der Waals surface area contributed by atoms with Gasteiger partial charge in [-0.15, -0.1) is 0 Å². The van der Waals surface area contributed by atoms with Crippen molar-refractivity contribution in [3.63, 3.8) is 0 Å². The number of amides is 5. The summed E-state index contributed by atoms with van der Waals surface area (Å²) in [5.74, 6) is -2.29. The van der Waals surface area contributed by atoms with Gasteiger partial charge in [0.25, 0.3) is 5.91 Å². The molecule has 3 rings (SSSR count). The third kappa shape index (κ3) is 8.26. The van der Waals surface area contributed by atoms with E-state index in [0.717, 1.165) is 12.0 Å². The van der Waals surface area contributed by atoms with Crippen molar-refractivity contribution >= 4 is 29.5 Å². The second-order valence-electron chi connectivity index (χ2n) is 10.6. The number of likely N-dealkylation sites (N-methyl/N-ethyl adjacent to an activating group) is 1. The Labute approximate surface area is 230 Å². The number of carbonyl (C=O) groups is 5. The minimum Gasteiger partial charge on any atom is -0.368 e. The van der Waals surface area contributed by atoms with E-state index in [1.165, 1.54) is 16.8 Å². The fourth-order valence-corrected chi connectivity index (χ4v) is 4.80. The first-order valence-electron chi connectivity index (χ1n) is 13.7. The van der Waals surface area contributed by atoms with Gasteiger partial charge in [-0.05, 0) is 37.7 Å². The minimum absolute atomic E-state index is 0.212. The van der Waals surface area contributed by atoms with Gasteiger partial charge in [0.2, 0.25) is 23.6 Å². The van der Waals surface area contributed by atoms with Crippen molar-refractivity contribution < 1.29 is 28.7 Å². The highest BCUT2D eigenvalue weighted by Crippen LogP contribution is 2.17. The molecule has 11 nitrogen and oxygen atoms in total. The van der Waals surface area contributed by atoms with Gasteiger partial charge in [-0.2, -0.15) is 0 Å². The normalized spacial score (nSPS) is 26.3. The summed E-state index contributed by atoms with van der Waals surface area (Å²) in [5, 5.41) is 8.41. The molecule has 1 aromatic carbocycles. The second-order valence-corrected chi connectivity index (χ2v) is 10.6. The van der Waals surface area contributed by atoms with Gasteiger partial charge in [0, 0.05) is 33.2 Å². The summed E-state index contributed by atoms with van der Waals surface area (Å²) in [6.45, 7) is 5.89. The monoisotopic (exact) mass is 543 g/mol. The summed E-state index contributed by atoms with van der Waals surface area (Å²) in [4.78, 5) is 68.6. The fourth-order valence-electron chi connectivity index (χ4n) is 4.80. The molecule has 0 aromatic heterocycles. The molecule has 0 aliphatic carbocycles. The number of rotatable bonds is 4. The number of hydrogen-bond acceptors (Lipinski definition) is 6. The zero-order valence-corrected chi connectivity index (χ0v) is 23.3. The first kappa shape index (κ1) is 30.1. The van der Waals surface area contributed by atoms with Crippen molar-refractivity contribution in [1.29, 1.82) is 0 Å². The van der Waals surface area contributed by atoms with Crippen LogP contribution in [-0.2, 0) is 35.1 Å². The average Bonchev–Trinajstić information content (AvgIpc) is 3.45. The SMILES string of the molecule is CC(C)[C@@H]1NC(=O)[C@@H](C)N(C(=O)[C@H]2CCCO2)CCCNC(=O)[C@H](Cc2ccccc2)NC(=O)CN(C)C1=O. The zero-order valence-electron chi connectivity index (χ0n) is 23.3. The van der Waals surface area contributed by atoms with Crippen molar-refractivity contribution in [2.75, 3.05) is 33.3 Å². The predicted molar refractivity (Wildman–Crippen MR) is 144 cm³/mol. The molecule has 5 amide bonds. The molecule has 39 heavy (non-hydrogen) atoms. The lowest BCUT2D eigenvalue weighted by molar-refractivity contribution is -0.148. The van der Waals surface area contributed by atoms with Crippen molar-refractivity contribution in [2.24, 2.45) is 5.92 Å². The Morgan fingerprint density at radius 1 is 1.05 bits per heavy atom. The van der Waals surface area contributed by atoms with E-state index in [1.54, 1.807) is 20.8 Å². The van der Waals surface area contributed by atoms with E-state index in [9.17, 15) is 24.0 Å². The molecular formula is C28H41N5O6. The molecule has 2 fully saturated rings. The molecule has 2 heterocycles. The molecule has 3 N–H and O–H groups in total. The van der Waals surface area contributed by atoms with Crippen LogP contribution >= 0.6 is 0 Å². The van der Waals surface area contributed by atoms with Crippen LogP contribution in [0.3, 0.4) is 0 Å². The molecule has 214 valence electrons. The maximum Gasteiger partial charge on any atom is 0.252 e. The largest absolute Gasteiger partial charge is 0.368 e. The van der Waals surface area contributed by atoms with Crippen LogP contribution in [0.15, 0.2) is 30.3 Å². The van der Waals surface area contributed by atoms with Crippen LogP contribution in [0, 0.1) is 5.92 Å². The molecule has 2 saturated heterocycles. The Morgan fingerprint density at radius 2 is 1.77 bits per heavy atom. The second kappa shape index (κ2) is 14.1. The number of nitrogens with one attached hydrogen (secondary N) is 3. The minimum atomic E-state index is -0.895. The number of carbonyl (C=O) groups excluding carboxylic acids is 5. The van der Waals surface area contributed by atoms with Crippen molar-refractivity contribution in [1.82, 2.24) is 25.8 Å². The summed E-state index contributed by atoms with van der Waals surface area (Å²) >= 11 is 0. The van der Waals surface area contributed by atoms with Gasteiger partial charge in [0.05, 0.1) is 6.54 Å². The summed E-state index contributed by atoms with van der Waals surface area (Å²) < 4.78 is 5.59. The Hall–Kier alpha value is -3.47. The summed E-state index contributed by atoms with van der Waals surface area (Å²) in [6.07, 6.45) is 1.41. The lowest BCUT2D eigenvalue weighted by Gasteiger charge is -2.33. The van der Waals surface area contributed by atoms with Crippen LogP contribution < -0.4 is 16.0 Å². The third-order valence-electron chi connectivity index (χ3n) is 7.13. The first-order valence-corrected chi connectivity index (χ1v) is 13.7. The molecule has 0 bridgehead atoms. The lowest BCUT2D eigenvalue weighted by atomic mass is 10.0. The Kier molecular flexibility index (Phi) is 10.8. The Bertz CT molecular complexity index is 1030. The smallest absolute Gasteiger partial charge is 0.252 e. The first-order chi connectivity index (χ1) is 18.6. The summed E-state index contributed by atoms with van der Waals surface area (Å²) in [6, 6.07) is 6.74. The van der Waals surface area contributed by atoms with Crippen LogP contribution in [0.5, 0.6) is 0 Å². The molecule has 2 aliphatic rings. The topological polar surface area (TPSA) is 137 Å². The van der Waals surface area contributed by atoms with Crippen molar-refractivity contribution in [3.05, 3.63) is 35.9 Å². The predicted octanol–water partition coefficient (Wildman–Crippen LogP) is 0.229. The number of benzene rings is 1. The lowest BCUT2D eigenvalue weighted by Crippen LogP contribution is -2.58. The van der Waals surface area contributed by atoms with Crippen molar-refractivity contribution in [2.45, 2.75) is 70.7 Å². The van der Waals surface area contributed by atoms with E-state index in [4.69, 9.17) is 4.74 Å². The van der Waals surface area contributed by atoms with Gasteiger partial charge < -0.3 is 30.5 Å². The summed E-state index contributed by atoms with van der Waals surface area (Å²) in [5.41, 5.74) is 0.876. The third-order valence-corrected chi connectivity index (χ3v) is 7.13. The molecule has 1 aromatic rings. The molecule has 0 unspecified atom stereocenters. The van der Waals surface area contributed by atoms with Gasteiger partial charge in [0.1, 0.15) is 24.2 Å².